The van der Waals surface area contributed by atoms with Crippen LogP contribution in [0.1, 0.15) is 22.4 Å². The van der Waals surface area contributed by atoms with Crippen LogP contribution in [0.25, 0.3) is 10.9 Å². The fraction of sp³-hybridized carbons (Fsp3) is 0.229. The van der Waals surface area contributed by atoms with Crippen LogP contribution in [0.3, 0.4) is 0 Å². The van der Waals surface area contributed by atoms with E-state index in [0.717, 1.165) is 16.5 Å². The highest BCUT2D eigenvalue weighted by Gasteiger charge is 2.31. The number of amides is 3. The van der Waals surface area contributed by atoms with Crippen LogP contribution in [-0.2, 0) is 45.0 Å². The van der Waals surface area contributed by atoms with Crippen LogP contribution in [0.5, 0.6) is 0 Å². The third kappa shape index (κ3) is 7.93. The van der Waals surface area contributed by atoms with Gasteiger partial charge in [-0.3, -0.25) is 23.7 Å². The van der Waals surface area contributed by atoms with Crippen molar-refractivity contribution in [3.8, 4) is 0 Å². The van der Waals surface area contributed by atoms with E-state index in [9.17, 15) is 19.2 Å². The number of hydrogen-bond acceptors (Lipinski definition) is 6. The second-order valence-corrected chi connectivity index (χ2v) is 11.3. The van der Waals surface area contributed by atoms with Gasteiger partial charge < -0.3 is 26.3 Å². The molecule has 0 aliphatic carbocycles. The standard InChI is InChI=1S/C35H37N7O4/c1-41(20-25-12-6-3-7-13-25)35(46)31(16-24-10-4-2-5-11-24)40-34(45)30(39-33(44)29(36)18-27-19-37-22-38-27)17-26-21-42(23-43)32-15-9-8-14-28(26)32/h2-15,19,21-23,29-31H,16-18,20,36H2,1H3,(H,37,38)(H,39,44)(H,40,45)/t29-,30+,31-/m0/s1. The number of likely N-dealkylation sites (N-methyl/N-ethyl adjacent to an activating group) is 1. The molecule has 5 rings (SSSR count). The molecule has 5 N–H and O–H groups in total. The largest absolute Gasteiger partial charge is 0.348 e. The molecule has 0 spiro atoms. The van der Waals surface area contributed by atoms with Gasteiger partial charge in [0.15, 0.2) is 0 Å². The zero-order valence-corrected chi connectivity index (χ0v) is 25.5. The average Bonchev–Trinajstić information content (AvgIpc) is 3.72. The quantitative estimate of drug-likeness (QED) is 0.140. The number of carbonyl (C=O) groups excluding carboxylic acids is 4. The first-order valence-corrected chi connectivity index (χ1v) is 15.0. The molecule has 11 nitrogen and oxygen atoms in total. The first kappa shape index (κ1) is 31.9. The number of benzene rings is 3. The number of aromatic nitrogens is 3. The van der Waals surface area contributed by atoms with Crippen LogP contribution in [0.2, 0.25) is 0 Å². The fourth-order valence-electron chi connectivity index (χ4n) is 5.48. The number of rotatable bonds is 14. The summed E-state index contributed by atoms with van der Waals surface area (Å²) in [5, 5.41) is 6.51. The first-order valence-electron chi connectivity index (χ1n) is 15.0. The number of carbonyl (C=O) groups is 4. The van der Waals surface area contributed by atoms with E-state index in [2.05, 4.69) is 20.6 Å². The van der Waals surface area contributed by atoms with E-state index < -0.39 is 29.9 Å². The summed E-state index contributed by atoms with van der Waals surface area (Å²) in [6.07, 6.45) is 5.90. The lowest BCUT2D eigenvalue weighted by Gasteiger charge is -2.27. The smallest absolute Gasteiger partial charge is 0.245 e. The van der Waals surface area contributed by atoms with Crippen molar-refractivity contribution in [1.29, 1.82) is 0 Å². The van der Waals surface area contributed by atoms with Crippen molar-refractivity contribution in [2.75, 3.05) is 7.05 Å². The molecule has 3 atom stereocenters. The Morgan fingerprint density at radius 3 is 2.20 bits per heavy atom. The summed E-state index contributed by atoms with van der Waals surface area (Å²) in [5.41, 5.74) is 10.1. The Morgan fingerprint density at radius 2 is 1.52 bits per heavy atom. The van der Waals surface area contributed by atoms with Crippen LogP contribution in [0.15, 0.2) is 104 Å². The average molecular weight is 620 g/mol. The number of nitrogens with one attached hydrogen (secondary N) is 3. The minimum Gasteiger partial charge on any atom is -0.348 e. The van der Waals surface area contributed by atoms with Gasteiger partial charge in [-0.2, -0.15) is 0 Å². The highest BCUT2D eigenvalue weighted by Crippen LogP contribution is 2.22. The van der Waals surface area contributed by atoms with Crippen molar-refractivity contribution in [3.63, 3.8) is 0 Å². The highest BCUT2D eigenvalue weighted by atomic mass is 16.2. The van der Waals surface area contributed by atoms with Crippen molar-refractivity contribution < 1.29 is 19.2 Å². The minimum atomic E-state index is -1.10. The number of para-hydroxylation sites is 1. The molecule has 46 heavy (non-hydrogen) atoms. The zero-order valence-electron chi connectivity index (χ0n) is 25.5. The van der Waals surface area contributed by atoms with Crippen LogP contribution < -0.4 is 16.4 Å². The molecule has 236 valence electrons. The molecule has 0 aliphatic rings. The molecule has 11 heteroatoms. The molecule has 0 unspecified atom stereocenters. The number of H-pyrrole nitrogens is 1. The molecule has 0 aliphatic heterocycles. The van der Waals surface area contributed by atoms with Crippen molar-refractivity contribution in [3.05, 3.63) is 126 Å². The number of nitrogens with two attached hydrogens (primary N) is 1. The van der Waals surface area contributed by atoms with Gasteiger partial charge in [0.2, 0.25) is 24.1 Å². The van der Waals surface area contributed by atoms with Gasteiger partial charge in [0.05, 0.1) is 17.9 Å². The Balaban J connectivity index is 1.41. The molecule has 0 radical (unpaired) electrons. The summed E-state index contributed by atoms with van der Waals surface area (Å²) in [6.45, 7) is 0.356. The monoisotopic (exact) mass is 619 g/mol. The van der Waals surface area contributed by atoms with E-state index in [1.807, 2.05) is 78.9 Å². The van der Waals surface area contributed by atoms with Gasteiger partial charge in [-0.05, 0) is 22.8 Å². The first-order chi connectivity index (χ1) is 22.3. The summed E-state index contributed by atoms with van der Waals surface area (Å²) in [7, 11) is 1.70. The Labute approximate surface area is 266 Å². The third-order valence-electron chi connectivity index (χ3n) is 7.86. The van der Waals surface area contributed by atoms with E-state index in [0.29, 0.717) is 29.7 Å². The van der Waals surface area contributed by atoms with Gasteiger partial charge >= 0.3 is 0 Å². The fourth-order valence-corrected chi connectivity index (χ4v) is 5.48. The molecule has 0 saturated heterocycles. The molecule has 2 heterocycles. The minimum absolute atomic E-state index is 0.0573. The van der Waals surface area contributed by atoms with Crippen molar-refractivity contribution >= 4 is 35.0 Å². The van der Waals surface area contributed by atoms with Crippen molar-refractivity contribution in [1.82, 2.24) is 30.1 Å². The van der Waals surface area contributed by atoms with Crippen LogP contribution in [-0.4, -0.2) is 68.7 Å². The Bertz CT molecular complexity index is 1770. The summed E-state index contributed by atoms with van der Waals surface area (Å²) in [6, 6.07) is 23.3. The number of fused-ring (bicyclic) bond motifs is 1. The van der Waals surface area contributed by atoms with Gasteiger partial charge in [-0.1, -0.05) is 78.9 Å². The third-order valence-corrected chi connectivity index (χ3v) is 7.86. The van der Waals surface area contributed by atoms with Crippen molar-refractivity contribution in [2.45, 2.75) is 43.9 Å². The van der Waals surface area contributed by atoms with Gasteiger partial charge in [-0.15, -0.1) is 0 Å². The van der Waals surface area contributed by atoms with Gasteiger partial charge in [0.1, 0.15) is 12.1 Å². The summed E-state index contributed by atoms with van der Waals surface area (Å²) < 4.78 is 1.44. The van der Waals surface area contributed by atoms with E-state index in [-0.39, 0.29) is 25.2 Å². The Morgan fingerprint density at radius 1 is 0.870 bits per heavy atom. The van der Waals surface area contributed by atoms with E-state index in [1.54, 1.807) is 30.4 Å². The lowest BCUT2D eigenvalue weighted by atomic mass is 10.0. The van der Waals surface area contributed by atoms with Crippen LogP contribution >= 0.6 is 0 Å². The highest BCUT2D eigenvalue weighted by molar-refractivity contribution is 5.94. The summed E-state index contributed by atoms with van der Waals surface area (Å²) >= 11 is 0. The van der Waals surface area contributed by atoms with Crippen molar-refractivity contribution in [2.24, 2.45) is 5.73 Å². The molecule has 5 aromatic rings. The molecule has 2 aromatic heterocycles. The number of hydrogen-bond donors (Lipinski definition) is 4. The zero-order chi connectivity index (χ0) is 32.5. The Hall–Kier alpha value is -5.55. The van der Waals surface area contributed by atoms with E-state index in [1.165, 1.54) is 10.9 Å². The molecule has 0 fully saturated rings. The molecule has 3 aromatic carbocycles. The second kappa shape index (κ2) is 15.0. The normalized spacial score (nSPS) is 13.0. The molecule has 0 bridgehead atoms. The topological polar surface area (TPSA) is 155 Å². The predicted octanol–water partition coefficient (Wildman–Crippen LogP) is 2.39. The maximum absolute atomic E-state index is 14.1. The number of nitrogens with zero attached hydrogens (tertiary/aromatic N) is 3. The number of imidazole rings is 1. The number of aromatic amines is 1. The second-order valence-electron chi connectivity index (χ2n) is 11.3. The summed E-state index contributed by atoms with van der Waals surface area (Å²) in [4.78, 5) is 61.6. The van der Waals surface area contributed by atoms with Gasteiger partial charge in [0, 0.05) is 56.3 Å². The SMILES string of the molecule is CN(Cc1ccccc1)C(=O)[C@H](Cc1ccccc1)NC(=O)[C@@H](Cc1cn(C=O)c2ccccc12)NC(=O)[C@@H](N)Cc1cnc[nH]1. The lowest BCUT2D eigenvalue weighted by molar-refractivity contribution is -0.136. The molecule has 0 saturated carbocycles. The molecular formula is C35H37N7O4. The van der Waals surface area contributed by atoms with E-state index >= 15 is 0 Å². The van der Waals surface area contributed by atoms with E-state index in [4.69, 9.17) is 5.73 Å². The molecule has 3 amide bonds. The maximum Gasteiger partial charge on any atom is 0.245 e. The predicted molar refractivity (Wildman–Crippen MR) is 175 cm³/mol. The van der Waals surface area contributed by atoms with Gasteiger partial charge in [0.25, 0.3) is 0 Å². The lowest BCUT2D eigenvalue weighted by Crippen LogP contribution is -2.57. The Kier molecular flexibility index (Phi) is 10.4. The van der Waals surface area contributed by atoms with Gasteiger partial charge in [-0.25, -0.2) is 4.98 Å². The van der Waals surface area contributed by atoms with Crippen LogP contribution in [0, 0.1) is 0 Å². The van der Waals surface area contributed by atoms with Crippen LogP contribution in [0.4, 0.5) is 0 Å². The molecular weight excluding hydrogens is 582 g/mol. The maximum atomic E-state index is 14.1. The summed E-state index contributed by atoms with van der Waals surface area (Å²) in [5.74, 6) is -1.37.